The van der Waals surface area contributed by atoms with Crippen LogP contribution in [0.2, 0.25) is 0 Å². The first-order chi connectivity index (χ1) is 8.85. The van der Waals surface area contributed by atoms with Crippen molar-refractivity contribution in [2.24, 2.45) is 0 Å². The molecular formula is C15H23NO2. The molecule has 0 amide bonds. The van der Waals surface area contributed by atoms with Crippen molar-refractivity contribution in [1.82, 2.24) is 4.90 Å². The Labute approximate surface area is 110 Å². The summed E-state index contributed by atoms with van der Waals surface area (Å²) in [5, 5.41) is 0. The molecule has 3 nitrogen and oxygen atoms in total. The maximum absolute atomic E-state index is 5.34. The van der Waals surface area contributed by atoms with Gasteiger partial charge in [0.05, 0.1) is 13.2 Å². The summed E-state index contributed by atoms with van der Waals surface area (Å²) < 4.78 is 10.7. The molecule has 1 fully saturated rings. The summed E-state index contributed by atoms with van der Waals surface area (Å²) in [4.78, 5) is 2.53. The second-order valence-corrected chi connectivity index (χ2v) is 4.95. The molecule has 0 radical (unpaired) electrons. The van der Waals surface area contributed by atoms with Gasteiger partial charge >= 0.3 is 0 Å². The fourth-order valence-electron chi connectivity index (χ4n) is 2.81. The van der Waals surface area contributed by atoms with Gasteiger partial charge in [0.15, 0.2) is 0 Å². The van der Waals surface area contributed by atoms with Crippen molar-refractivity contribution < 1.29 is 9.47 Å². The molecule has 1 saturated heterocycles. The topological polar surface area (TPSA) is 21.7 Å². The fourth-order valence-corrected chi connectivity index (χ4v) is 2.81. The van der Waals surface area contributed by atoms with Crippen LogP contribution in [0.4, 0.5) is 0 Å². The number of benzene rings is 1. The van der Waals surface area contributed by atoms with E-state index in [1.54, 1.807) is 14.2 Å². The van der Waals surface area contributed by atoms with E-state index in [1.807, 2.05) is 0 Å². The van der Waals surface area contributed by atoms with Crippen molar-refractivity contribution in [3.63, 3.8) is 0 Å². The van der Waals surface area contributed by atoms with Gasteiger partial charge in [0, 0.05) is 32.8 Å². The quantitative estimate of drug-likeness (QED) is 0.772. The van der Waals surface area contributed by atoms with Gasteiger partial charge in [0.2, 0.25) is 0 Å². The zero-order valence-corrected chi connectivity index (χ0v) is 11.3. The Balaban J connectivity index is 2.03. The largest absolute Gasteiger partial charge is 0.383 e. The monoisotopic (exact) mass is 249 g/mol. The lowest BCUT2D eigenvalue weighted by molar-refractivity contribution is 0.0580. The van der Waals surface area contributed by atoms with Crippen LogP contribution in [0, 0.1) is 0 Å². The number of hydrogen-bond acceptors (Lipinski definition) is 3. The van der Waals surface area contributed by atoms with Crippen LogP contribution in [-0.4, -0.2) is 44.4 Å². The minimum absolute atomic E-state index is 0.523. The molecule has 18 heavy (non-hydrogen) atoms. The van der Waals surface area contributed by atoms with Crippen LogP contribution in [0.15, 0.2) is 30.3 Å². The second kappa shape index (κ2) is 6.88. The molecule has 1 heterocycles. The molecule has 100 valence electrons. The van der Waals surface area contributed by atoms with E-state index in [0.29, 0.717) is 12.1 Å². The van der Waals surface area contributed by atoms with Crippen LogP contribution in [0.25, 0.3) is 0 Å². The number of ether oxygens (including phenoxy) is 2. The number of nitrogens with zero attached hydrogens (tertiary/aromatic N) is 1. The molecule has 1 aromatic carbocycles. The van der Waals surface area contributed by atoms with E-state index in [9.17, 15) is 0 Å². The normalized spacial score (nSPS) is 24.6. The van der Waals surface area contributed by atoms with Gasteiger partial charge in [-0.05, 0) is 18.4 Å². The third-order valence-electron chi connectivity index (χ3n) is 3.70. The second-order valence-electron chi connectivity index (χ2n) is 4.95. The molecule has 1 aliphatic rings. The highest BCUT2D eigenvalue weighted by atomic mass is 16.5. The molecule has 0 bridgehead atoms. The van der Waals surface area contributed by atoms with Crippen molar-refractivity contribution in [1.29, 1.82) is 0 Å². The molecule has 2 atom stereocenters. The van der Waals surface area contributed by atoms with Crippen LogP contribution >= 0.6 is 0 Å². The van der Waals surface area contributed by atoms with E-state index in [1.165, 1.54) is 18.4 Å². The maximum Gasteiger partial charge on any atom is 0.0618 e. The standard InChI is InChI=1S/C15H23NO2/c1-17-11-14-8-9-15(12-18-2)16(14)10-13-6-4-3-5-7-13/h3-7,14-15H,8-12H2,1-2H3/t14-,15-/m0/s1. The highest BCUT2D eigenvalue weighted by Crippen LogP contribution is 2.26. The molecule has 0 aliphatic carbocycles. The van der Waals surface area contributed by atoms with Crippen LogP contribution in [-0.2, 0) is 16.0 Å². The Bertz CT molecular complexity index is 328. The van der Waals surface area contributed by atoms with Gasteiger partial charge in [0.25, 0.3) is 0 Å². The zero-order valence-electron chi connectivity index (χ0n) is 11.3. The first-order valence-electron chi connectivity index (χ1n) is 6.62. The third kappa shape index (κ3) is 3.31. The summed E-state index contributed by atoms with van der Waals surface area (Å²) in [6.07, 6.45) is 2.41. The Kier molecular flexibility index (Phi) is 5.17. The van der Waals surface area contributed by atoms with E-state index < -0.39 is 0 Å². The number of hydrogen-bond donors (Lipinski definition) is 0. The average molecular weight is 249 g/mol. The van der Waals surface area contributed by atoms with Gasteiger partial charge in [-0.1, -0.05) is 30.3 Å². The highest BCUT2D eigenvalue weighted by Gasteiger charge is 2.32. The van der Waals surface area contributed by atoms with Gasteiger partial charge in [-0.15, -0.1) is 0 Å². The minimum atomic E-state index is 0.523. The van der Waals surface area contributed by atoms with E-state index in [4.69, 9.17) is 9.47 Å². The van der Waals surface area contributed by atoms with E-state index in [-0.39, 0.29) is 0 Å². The molecular weight excluding hydrogens is 226 g/mol. The minimum Gasteiger partial charge on any atom is -0.383 e. The van der Waals surface area contributed by atoms with Crippen molar-refractivity contribution >= 4 is 0 Å². The molecule has 0 unspecified atom stereocenters. The van der Waals surface area contributed by atoms with Crippen molar-refractivity contribution in [2.45, 2.75) is 31.5 Å². The first kappa shape index (κ1) is 13.5. The van der Waals surface area contributed by atoms with Gasteiger partial charge in [-0.2, -0.15) is 0 Å². The Morgan fingerprint density at radius 1 is 1.00 bits per heavy atom. The van der Waals surface area contributed by atoms with Crippen molar-refractivity contribution in [2.75, 3.05) is 27.4 Å². The molecule has 3 heteroatoms. The van der Waals surface area contributed by atoms with Crippen molar-refractivity contribution in [3.8, 4) is 0 Å². The number of rotatable bonds is 6. The fraction of sp³-hybridized carbons (Fsp3) is 0.600. The van der Waals surface area contributed by atoms with Crippen LogP contribution in [0.5, 0.6) is 0 Å². The SMILES string of the molecule is COC[C@@H]1CC[C@@H](COC)N1Cc1ccccc1. The summed E-state index contributed by atoms with van der Waals surface area (Å²) in [6.45, 7) is 2.61. The highest BCUT2D eigenvalue weighted by molar-refractivity contribution is 5.15. The van der Waals surface area contributed by atoms with Crippen molar-refractivity contribution in [3.05, 3.63) is 35.9 Å². The molecule has 0 aromatic heterocycles. The van der Waals surface area contributed by atoms with Gasteiger partial charge in [-0.3, -0.25) is 4.90 Å². The van der Waals surface area contributed by atoms with Gasteiger partial charge < -0.3 is 9.47 Å². The summed E-state index contributed by atoms with van der Waals surface area (Å²) in [5.74, 6) is 0. The molecule has 1 aliphatic heterocycles. The van der Waals surface area contributed by atoms with E-state index >= 15 is 0 Å². The lowest BCUT2D eigenvalue weighted by atomic mass is 10.2. The van der Waals surface area contributed by atoms with E-state index in [0.717, 1.165) is 19.8 Å². The average Bonchev–Trinajstić information content (AvgIpc) is 2.75. The Hall–Kier alpha value is -0.900. The third-order valence-corrected chi connectivity index (χ3v) is 3.70. The zero-order chi connectivity index (χ0) is 12.8. The van der Waals surface area contributed by atoms with Gasteiger partial charge in [-0.25, -0.2) is 0 Å². The Morgan fingerprint density at radius 2 is 1.56 bits per heavy atom. The maximum atomic E-state index is 5.34. The molecule has 1 aromatic rings. The molecule has 0 N–H and O–H groups in total. The lowest BCUT2D eigenvalue weighted by Gasteiger charge is -2.29. The smallest absolute Gasteiger partial charge is 0.0618 e. The molecule has 0 spiro atoms. The van der Waals surface area contributed by atoms with E-state index in [2.05, 4.69) is 35.2 Å². The number of methoxy groups -OCH3 is 2. The number of likely N-dealkylation sites (tertiary alicyclic amines) is 1. The summed E-state index contributed by atoms with van der Waals surface area (Å²) in [5.41, 5.74) is 1.36. The van der Waals surface area contributed by atoms with Crippen LogP contribution in [0.3, 0.4) is 0 Å². The predicted octanol–water partition coefficient (Wildman–Crippen LogP) is 2.31. The van der Waals surface area contributed by atoms with Gasteiger partial charge in [0.1, 0.15) is 0 Å². The predicted molar refractivity (Wildman–Crippen MR) is 72.5 cm³/mol. The van der Waals surface area contributed by atoms with Crippen LogP contribution < -0.4 is 0 Å². The first-order valence-corrected chi connectivity index (χ1v) is 6.62. The lowest BCUT2D eigenvalue weighted by Crippen LogP contribution is -2.40. The summed E-state index contributed by atoms with van der Waals surface area (Å²) in [7, 11) is 3.56. The molecule has 2 rings (SSSR count). The summed E-state index contributed by atoms with van der Waals surface area (Å²) >= 11 is 0. The summed E-state index contributed by atoms with van der Waals surface area (Å²) in [6, 6.07) is 11.7. The molecule has 0 saturated carbocycles. The Morgan fingerprint density at radius 3 is 2.06 bits per heavy atom. The van der Waals surface area contributed by atoms with Crippen LogP contribution in [0.1, 0.15) is 18.4 Å².